The van der Waals surface area contributed by atoms with Crippen LogP contribution in [0.25, 0.3) is 0 Å². The van der Waals surface area contributed by atoms with Crippen LogP contribution < -0.4 is 10.1 Å². The molecule has 1 heterocycles. The zero-order chi connectivity index (χ0) is 15.2. The van der Waals surface area contributed by atoms with Gasteiger partial charge in [-0.25, -0.2) is 9.37 Å². The summed E-state index contributed by atoms with van der Waals surface area (Å²) in [4.78, 5) is 8.73. The Morgan fingerprint density at radius 3 is 2.71 bits per heavy atom. The van der Waals surface area contributed by atoms with Gasteiger partial charge in [0.25, 0.3) is 0 Å². The summed E-state index contributed by atoms with van der Waals surface area (Å²) in [5.41, 5.74) is 0.932. The van der Waals surface area contributed by atoms with Crippen LogP contribution in [0.3, 0.4) is 0 Å². The van der Waals surface area contributed by atoms with E-state index in [4.69, 9.17) is 4.74 Å². The predicted octanol–water partition coefficient (Wildman–Crippen LogP) is 4.10. The molecule has 2 aromatic rings. The zero-order valence-corrected chi connectivity index (χ0v) is 12.6. The number of ether oxygens (including phenoxy) is 1. The molecular formula is C16H20FN3O. The molecule has 5 heteroatoms. The lowest BCUT2D eigenvalue weighted by Crippen LogP contribution is -2.05. The van der Waals surface area contributed by atoms with Gasteiger partial charge in [-0.1, -0.05) is 13.0 Å². The van der Waals surface area contributed by atoms with Crippen molar-refractivity contribution in [3.05, 3.63) is 41.5 Å². The Morgan fingerprint density at radius 2 is 2.00 bits per heavy atom. The van der Waals surface area contributed by atoms with Gasteiger partial charge in [0, 0.05) is 19.0 Å². The van der Waals surface area contributed by atoms with Crippen LogP contribution in [-0.2, 0) is 6.42 Å². The minimum Gasteiger partial charge on any atom is -0.436 e. The molecule has 1 N–H and O–H groups in total. The summed E-state index contributed by atoms with van der Waals surface area (Å²) in [7, 11) is 0. The SMILES string of the molecule is CCCc1nc(NCC)cc(Oc2cc(C)ccc2F)n1. The number of benzene rings is 1. The quantitative estimate of drug-likeness (QED) is 0.869. The summed E-state index contributed by atoms with van der Waals surface area (Å²) in [6.45, 7) is 6.69. The number of hydrogen-bond acceptors (Lipinski definition) is 4. The summed E-state index contributed by atoms with van der Waals surface area (Å²) < 4.78 is 19.4. The maximum Gasteiger partial charge on any atom is 0.224 e. The Labute approximate surface area is 124 Å². The molecule has 0 aliphatic rings. The average molecular weight is 289 g/mol. The van der Waals surface area contributed by atoms with E-state index >= 15 is 0 Å². The van der Waals surface area contributed by atoms with Gasteiger partial charge in [-0.05, 0) is 38.0 Å². The Bertz CT molecular complexity index is 592. The molecule has 112 valence electrons. The number of aryl methyl sites for hydroxylation is 2. The van der Waals surface area contributed by atoms with Gasteiger partial charge < -0.3 is 10.1 Å². The molecule has 2 rings (SSSR count). The molecule has 0 unspecified atom stereocenters. The number of hydrogen-bond donors (Lipinski definition) is 1. The van der Waals surface area contributed by atoms with Crippen LogP contribution in [0.4, 0.5) is 10.2 Å². The Morgan fingerprint density at radius 1 is 1.19 bits per heavy atom. The van der Waals surface area contributed by atoms with E-state index in [0.29, 0.717) is 17.5 Å². The van der Waals surface area contributed by atoms with Crippen molar-refractivity contribution < 1.29 is 9.13 Å². The van der Waals surface area contributed by atoms with Crippen molar-refractivity contribution in [3.8, 4) is 11.6 Å². The maximum absolute atomic E-state index is 13.8. The summed E-state index contributed by atoms with van der Waals surface area (Å²) in [6.07, 6.45) is 1.69. The Hall–Kier alpha value is -2.17. The lowest BCUT2D eigenvalue weighted by molar-refractivity contribution is 0.424. The van der Waals surface area contributed by atoms with Gasteiger partial charge in [0.2, 0.25) is 5.88 Å². The van der Waals surface area contributed by atoms with Crippen molar-refractivity contribution in [1.82, 2.24) is 9.97 Å². The van der Waals surface area contributed by atoms with Crippen LogP contribution in [0.2, 0.25) is 0 Å². The molecule has 0 radical (unpaired) electrons. The Balaban J connectivity index is 2.31. The molecule has 1 aromatic carbocycles. The molecule has 21 heavy (non-hydrogen) atoms. The van der Waals surface area contributed by atoms with Gasteiger partial charge in [0.05, 0.1) is 0 Å². The second kappa shape index (κ2) is 7.02. The normalized spacial score (nSPS) is 10.5. The highest BCUT2D eigenvalue weighted by molar-refractivity contribution is 5.40. The molecule has 0 saturated carbocycles. The fourth-order valence-electron chi connectivity index (χ4n) is 1.93. The van der Waals surface area contributed by atoms with Crippen LogP contribution in [0, 0.1) is 12.7 Å². The van der Waals surface area contributed by atoms with Gasteiger partial charge >= 0.3 is 0 Å². The van der Waals surface area contributed by atoms with E-state index in [-0.39, 0.29) is 5.75 Å². The topological polar surface area (TPSA) is 47.0 Å². The van der Waals surface area contributed by atoms with Gasteiger partial charge in [-0.15, -0.1) is 0 Å². The molecule has 0 amide bonds. The lowest BCUT2D eigenvalue weighted by atomic mass is 10.2. The summed E-state index contributed by atoms with van der Waals surface area (Å²) in [5, 5.41) is 3.13. The highest BCUT2D eigenvalue weighted by atomic mass is 19.1. The second-order valence-corrected chi connectivity index (χ2v) is 4.82. The van der Waals surface area contributed by atoms with E-state index < -0.39 is 5.82 Å². The van der Waals surface area contributed by atoms with Crippen molar-refractivity contribution >= 4 is 5.82 Å². The zero-order valence-electron chi connectivity index (χ0n) is 12.6. The smallest absolute Gasteiger partial charge is 0.224 e. The van der Waals surface area contributed by atoms with E-state index in [1.807, 2.05) is 13.8 Å². The molecule has 0 aliphatic heterocycles. The first-order chi connectivity index (χ1) is 10.1. The molecule has 0 spiro atoms. The maximum atomic E-state index is 13.8. The standard InChI is InChI=1S/C16H20FN3O/c1-4-6-14-19-15(18-5-2)10-16(20-14)21-13-9-11(3)7-8-12(13)17/h7-10H,4-6H2,1-3H3,(H,18,19,20). The number of nitrogens with one attached hydrogen (secondary N) is 1. The summed E-state index contributed by atoms with van der Waals surface area (Å²) >= 11 is 0. The van der Waals surface area contributed by atoms with Gasteiger partial charge in [0.15, 0.2) is 11.6 Å². The van der Waals surface area contributed by atoms with E-state index in [1.165, 1.54) is 6.07 Å². The minimum absolute atomic E-state index is 0.179. The second-order valence-electron chi connectivity index (χ2n) is 4.82. The fraction of sp³-hybridized carbons (Fsp3) is 0.375. The summed E-state index contributed by atoms with van der Waals surface area (Å²) in [5.74, 6) is 1.52. The third kappa shape index (κ3) is 4.15. The number of halogens is 1. The van der Waals surface area contributed by atoms with Crippen molar-refractivity contribution in [3.63, 3.8) is 0 Å². The molecule has 0 atom stereocenters. The summed E-state index contributed by atoms with van der Waals surface area (Å²) in [6, 6.07) is 6.44. The number of rotatable bonds is 6. The first-order valence-electron chi connectivity index (χ1n) is 7.18. The lowest BCUT2D eigenvalue weighted by Gasteiger charge is -2.10. The van der Waals surface area contributed by atoms with Crippen LogP contribution in [0.15, 0.2) is 24.3 Å². The largest absolute Gasteiger partial charge is 0.436 e. The van der Waals surface area contributed by atoms with Crippen molar-refractivity contribution in [1.29, 1.82) is 0 Å². The Kier molecular flexibility index (Phi) is 5.09. The van der Waals surface area contributed by atoms with Crippen molar-refractivity contribution in [2.75, 3.05) is 11.9 Å². The van der Waals surface area contributed by atoms with Gasteiger partial charge in [-0.2, -0.15) is 4.98 Å². The van der Waals surface area contributed by atoms with Crippen molar-refractivity contribution in [2.45, 2.75) is 33.6 Å². The molecule has 4 nitrogen and oxygen atoms in total. The van der Waals surface area contributed by atoms with Crippen LogP contribution >= 0.6 is 0 Å². The number of aromatic nitrogens is 2. The highest BCUT2D eigenvalue weighted by Gasteiger charge is 2.09. The molecule has 0 fully saturated rings. The molecule has 0 saturated heterocycles. The van der Waals surface area contributed by atoms with Crippen LogP contribution in [-0.4, -0.2) is 16.5 Å². The number of anilines is 1. The van der Waals surface area contributed by atoms with Crippen LogP contribution in [0.5, 0.6) is 11.6 Å². The van der Waals surface area contributed by atoms with E-state index in [9.17, 15) is 4.39 Å². The minimum atomic E-state index is -0.402. The third-order valence-corrected chi connectivity index (χ3v) is 2.88. The van der Waals surface area contributed by atoms with Gasteiger partial charge in [-0.3, -0.25) is 0 Å². The van der Waals surface area contributed by atoms with E-state index in [2.05, 4.69) is 22.2 Å². The third-order valence-electron chi connectivity index (χ3n) is 2.88. The van der Waals surface area contributed by atoms with Gasteiger partial charge in [0.1, 0.15) is 11.6 Å². The predicted molar refractivity (Wildman–Crippen MR) is 81.4 cm³/mol. The molecule has 1 aromatic heterocycles. The molecular weight excluding hydrogens is 269 g/mol. The first-order valence-corrected chi connectivity index (χ1v) is 7.18. The first kappa shape index (κ1) is 15.2. The monoisotopic (exact) mass is 289 g/mol. The fourth-order valence-corrected chi connectivity index (χ4v) is 1.93. The highest BCUT2D eigenvalue weighted by Crippen LogP contribution is 2.25. The van der Waals surface area contributed by atoms with E-state index in [0.717, 1.165) is 24.9 Å². The molecule has 0 bridgehead atoms. The average Bonchev–Trinajstić information content (AvgIpc) is 2.43. The van der Waals surface area contributed by atoms with Crippen molar-refractivity contribution in [2.24, 2.45) is 0 Å². The van der Waals surface area contributed by atoms with Crippen LogP contribution in [0.1, 0.15) is 31.7 Å². The van der Waals surface area contributed by atoms with E-state index in [1.54, 1.807) is 18.2 Å². The molecule has 0 aliphatic carbocycles. The number of nitrogens with zero attached hydrogens (tertiary/aromatic N) is 2.